The molecule has 0 saturated heterocycles. The van der Waals surface area contributed by atoms with Crippen LogP contribution in [0.25, 0.3) is 33.4 Å². The van der Waals surface area contributed by atoms with Crippen LogP contribution in [-0.2, 0) is 12.6 Å². The molecular formula is C26H20F3N5. The van der Waals surface area contributed by atoms with E-state index in [1.165, 1.54) is 11.6 Å². The van der Waals surface area contributed by atoms with Crippen molar-refractivity contribution in [3.63, 3.8) is 0 Å². The lowest BCUT2D eigenvalue weighted by Gasteiger charge is -2.09. The quantitative estimate of drug-likeness (QED) is 0.310. The molecule has 170 valence electrons. The van der Waals surface area contributed by atoms with Gasteiger partial charge in [0, 0.05) is 41.6 Å². The van der Waals surface area contributed by atoms with Crippen LogP contribution in [0.1, 0.15) is 11.1 Å². The molecule has 2 aromatic carbocycles. The van der Waals surface area contributed by atoms with E-state index in [9.17, 15) is 13.2 Å². The fourth-order valence-electron chi connectivity index (χ4n) is 3.81. The predicted molar refractivity (Wildman–Crippen MR) is 126 cm³/mol. The summed E-state index contributed by atoms with van der Waals surface area (Å²) in [5, 5.41) is 4.01. The number of aromatic amines is 1. The highest BCUT2D eigenvalue weighted by Gasteiger charge is 2.30. The van der Waals surface area contributed by atoms with E-state index < -0.39 is 11.7 Å². The van der Waals surface area contributed by atoms with Gasteiger partial charge in [-0.2, -0.15) is 13.2 Å². The van der Waals surface area contributed by atoms with E-state index in [-0.39, 0.29) is 0 Å². The summed E-state index contributed by atoms with van der Waals surface area (Å²) < 4.78 is 39.5. The summed E-state index contributed by atoms with van der Waals surface area (Å²) in [6.45, 7) is 0.683. The Morgan fingerprint density at radius 3 is 2.56 bits per heavy atom. The van der Waals surface area contributed by atoms with Gasteiger partial charge in [-0.25, -0.2) is 15.0 Å². The molecule has 5 rings (SSSR count). The summed E-state index contributed by atoms with van der Waals surface area (Å²) in [6.07, 6.45) is 1.47. The number of rotatable bonds is 6. The van der Waals surface area contributed by atoms with Crippen molar-refractivity contribution in [3.05, 3.63) is 96.4 Å². The third-order valence-electron chi connectivity index (χ3n) is 5.53. The van der Waals surface area contributed by atoms with Crippen LogP contribution in [0.4, 0.5) is 19.1 Å². The monoisotopic (exact) mass is 459 g/mol. The molecule has 0 atom stereocenters. The summed E-state index contributed by atoms with van der Waals surface area (Å²) in [4.78, 5) is 16.4. The summed E-state index contributed by atoms with van der Waals surface area (Å²) in [7, 11) is 0. The minimum atomic E-state index is -4.41. The highest BCUT2D eigenvalue weighted by Crippen LogP contribution is 2.34. The molecular weight excluding hydrogens is 439 g/mol. The van der Waals surface area contributed by atoms with Crippen LogP contribution in [0.2, 0.25) is 0 Å². The number of pyridine rings is 1. The molecule has 0 bridgehead atoms. The fourth-order valence-corrected chi connectivity index (χ4v) is 3.81. The van der Waals surface area contributed by atoms with E-state index in [2.05, 4.69) is 37.4 Å². The van der Waals surface area contributed by atoms with Crippen LogP contribution in [0.5, 0.6) is 0 Å². The first-order valence-electron chi connectivity index (χ1n) is 10.7. The first-order chi connectivity index (χ1) is 16.5. The molecule has 0 unspecified atom stereocenters. The molecule has 0 amide bonds. The van der Waals surface area contributed by atoms with Crippen LogP contribution < -0.4 is 5.32 Å². The van der Waals surface area contributed by atoms with Crippen molar-refractivity contribution in [2.45, 2.75) is 12.6 Å². The second-order valence-corrected chi connectivity index (χ2v) is 7.83. The third-order valence-corrected chi connectivity index (χ3v) is 5.53. The Morgan fingerprint density at radius 2 is 1.74 bits per heavy atom. The van der Waals surface area contributed by atoms with Crippen molar-refractivity contribution < 1.29 is 13.2 Å². The molecule has 0 saturated carbocycles. The topological polar surface area (TPSA) is 66.5 Å². The van der Waals surface area contributed by atoms with Gasteiger partial charge in [-0.05, 0) is 41.8 Å². The second-order valence-electron chi connectivity index (χ2n) is 7.83. The molecule has 3 aromatic heterocycles. The van der Waals surface area contributed by atoms with E-state index in [4.69, 9.17) is 0 Å². The Bertz CT molecular complexity index is 1430. The number of alkyl halides is 3. The van der Waals surface area contributed by atoms with E-state index in [0.717, 1.165) is 29.5 Å². The molecule has 0 fully saturated rings. The molecule has 0 aliphatic carbocycles. The Kier molecular flexibility index (Phi) is 5.71. The fraction of sp³-hybridized carbons (Fsp3) is 0.115. The summed E-state index contributed by atoms with van der Waals surface area (Å²) >= 11 is 0. The SMILES string of the molecule is FC(F)(F)c1cccc(-c2cnc3[nH]cc(-c4ccnc(NCCc5ccccc5)n4)c3c2)c1. The maximum absolute atomic E-state index is 13.2. The van der Waals surface area contributed by atoms with Gasteiger partial charge in [-0.3, -0.25) is 0 Å². The summed E-state index contributed by atoms with van der Waals surface area (Å²) in [6, 6.07) is 19.0. The van der Waals surface area contributed by atoms with Crippen LogP contribution >= 0.6 is 0 Å². The number of fused-ring (bicyclic) bond motifs is 1. The predicted octanol–water partition coefficient (Wildman–Crippen LogP) is 6.36. The number of halogens is 3. The van der Waals surface area contributed by atoms with E-state index in [0.29, 0.717) is 35.0 Å². The molecule has 34 heavy (non-hydrogen) atoms. The number of benzene rings is 2. The Balaban J connectivity index is 1.42. The lowest BCUT2D eigenvalue weighted by Crippen LogP contribution is -2.08. The normalized spacial score (nSPS) is 11.6. The van der Waals surface area contributed by atoms with Crippen LogP contribution in [0, 0.1) is 0 Å². The maximum atomic E-state index is 13.2. The smallest absolute Gasteiger partial charge is 0.354 e. The first kappa shape index (κ1) is 21.6. The average Bonchev–Trinajstić information content (AvgIpc) is 3.28. The summed E-state index contributed by atoms with van der Waals surface area (Å²) in [5.74, 6) is 0.504. The third kappa shape index (κ3) is 4.61. The highest BCUT2D eigenvalue weighted by atomic mass is 19.4. The minimum absolute atomic E-state index is 0.447. The Morgan fingerprint density at radius 1 is 0.882 bits per heavy atom. The van der Waals surface area contributed by atoms with Crippen molar-refractivity contribution >= 4 is 17.0 Å². The maximum Gasteiger partial charge on any atom is 0.416 e. The number of hydrogen-bond acceptors (Lipinski definition) is 4. The Labute approximate surface area is 193 Å². The molecule has 5 aromatic rings. The van der Waals surface area contributed by atoms with Crippen LogP contribution in [0.15, 0.2) is 85.3 Å². The van der Waals surface area contributed by atoms with Crippen molar-refractivity contribution in [1.29, 1.82) is 0 Å². The van der Waals surface area contributed by atoms with Crippen LogP contribution in [-0.4, -0.2) is 26.5 Å². The number of hydrogen-bond donors (Lipinski definition) is 2. The zero-order chi connectivity index (χ0) is 23.5. The van der Waals surface area contributed by atoms with Gasteiger partial charge in [0.15, 0.2) is 0 Å². The second kappa shape index (κ2) is 8.97. The average molecular weight is 459 g/mol. The van der Waals surface area contributed by atoms with Crippen molar-refractivity contribution in [1.82, 2.24) is 19.9 Å². The lowest BCUT2D eigenvalue weighted by molar-refractivity contribution is -0.137. The lowest BCUT2D eigenvalue weighted by atomic mass is 10.0. The molecule has 3 heterocycles. The summed E-state index contributed by atoms with van der Waals surface area (Å²) in [5.41, 5.74) is 3.67. The Hall–Kier alpha value is -4.20. The largest absolute Gasteiger partial charge is 0.416 e. The number of nitrogens with one attached hydrogen (secondary N) is 2. The molecule has 0 spiro atoms. The minimum Gasteiger partial charge on any atom is -0.354 e. The van der Waals surface area contributed by atoms with E-state index in [1.54, 1.807) is 30.7 Å². The molecule has 0 radical (unpaired) electrons. The van der Waals surface area contributed by atoms with E-state index in [1.807, 2.05) is 24.3 Å². The molecule has 2 N–H and O–H groups in total. The van der Waals surface area contributed by atoms with Gasteiger partial charge < -0.3 is 10.3 Å². The number of H-pyrrole nitrogens is 1. The van der Waals surface area contributed by atoms with Gasteiger partial charge in [-0.15, -0.1) is 0 Å². The highest BCUT2D eigenvalue weighted by molar-refractivity contribution is 5.95. The van der Waals surface area contributed by atoms with Gasteiger partial charge >= 0.3 is 6.18 Å². The van der Waals surface area contributed by atoms with Gasteiger partial charge in [-0.1, -0.05) is 42.5 Å². The van der Waals surface area contributed by atoms with Gasteiger partial charge in [0.2, 0.25) is 5.95 Å². The van der Waals surface area contributed by atoms with Crippen molar-refractivity contribution in [2.24, 2.45) is 0 Å². The molecule has 8 heteroatoms. The number of nitrogens with zero attached hydrogens (tertiary/aromatic N) is 3. The van der Waals surface area contributed by atoms with Gasteiger partial charge in [0.25, 0.3) is 0 Å². The standard InChI is InChI=1S/C26H20F3N5/c27-26(28,29)20-8-4-7-18(13-20)19-14-21-22(16-33-24(21)32-15-19)23-10-12-31-25(34-23)30-11-9-17-5-2-1-3-6-17/h1-8,10,12-16H,9,11H2,(H,32,33)(H,30,31,34). The van der Waals surface area contributed by atoms with Gasteiger partial charge in [0.05, 0.1) is 11.3 Å². The van der Waals surface area contributed by atoms with Crippen molar-refractivity contribution in [2.75, 3.05) is 11.9 Å². The van der Waals surface area contributed by atoms with Gasteiger partial charge in [0.1, 0.15) is 5.65 Å². The van der Waals surface area contributed by atoms with E-state index >= 15 is 0 Å². The zero-order valence-corrected chi connectivity index (χ0v) is 18.0. The molecule has 0 aliphatic rings. The molecule has 0 aliphatic heterocycles. The van der Waals surface area contributed by atoms with Crippen LogP contribution in [0.3, 0.4) is 0 Å². The molecule has 5 nitrogen and oxygen atoms in total. The number of anilines is 1. The van der Waals surface area contributed by atoms with Crippen molar-refractivity contribution in [3.8, 4) is 22.4 Å². The first-order valence-corrected chi connectivity index (χ1v) is 10.7. The number of aromatic nitrogens is 4. The zero-order valence-electron chi connectivity index (χ0n) is 18.0.